The molecule has 0 aliphatic heterocycles. The zero-order valence-electron chi connectivity index (χ0n) is 18.3. The zero-order valence-corrected chi connectivity index (χ0v) is 19.7. The van der Waals surface area contributed by atoms with Crippen molar-refractivity contribution in [2.24, 2.45) is 0 Å². The smallest absolute Gasteiger partial charge is 0.210 e. The molecule has 2 rings (SSSR count). The first kappa shape index (κ1) is 24.5. The maximum absolute atomic E-state index is 2.32. The van der Waals surface area contributed by atoms with Crippen LogP contribution in [0.2, 0.25) is 0 Å². The van der Waals surface area contributed by atoms with Gasteiger partial charge in [-0.05, 0) is 0 Å². The minimum absolute atomic E-state index is 0. The van der Waals surface area contributed by atoms with Crippen LogP contribution < -0.4 is 0 Å². The Hall–Kier alpha value is -0.534. The van der Waals surface area contributed by atoms with E-state index in [1.54, 1.807) is 0 Å². The first-order chi connectivity index (χ1) is 10.8. The molecule has 0 atom stereocenters. The number of hydrogen-bond acceptors (Lipinski definition) is 0. The molecule has 0 N–H and O–H groups in total. The van der Waals surface area contributed by atoms with Gasteiger partial charge in [0.2, 0.25) is 0 Å². The molecule has 1 heteroatoms. The molecular formula is C24H38Mg. The van der Waals surface area contributed by atoms with Gasteiger partial charge < -0.3 is 0 Å². The van der Waals surface area contributed by atoms with Crippen molar-refractivity contribution in [1.29, 1.82) is 0 Å². The van der Waals surface area contributed by atoms with Gasteiger partial charge in [0, 0.05) is 0 Å². The van der Waals surface area contributed by atoms with Crippen molar-refractivity contribution in [3.05, 3.63) is 58.7 Å². The number of hydrogen-bond donors (Lipinski definition) is 0. The van der Waals surface area contributed by atoms with E-state index >= 15 is 0 Å². The molecule has 0 unspecified atom stereocenters. The van der Waals surface area contributed by atoms with Crippen molar-refractivity contribution in [2.75, 3.05) is 0 Å². The van der Waals surface area contributed by atoms with Gasteiger partial charge >= 0.3 is 23.1 Å². The summed E-state index contributed by atoms with van der Waals surface area (Å²) in [5, 5.41) is 0. The van der Waals surface area contributed by atoms with Gasteiger partial charge in [-0.1, -0.05) is 91.9 Å². The van der Waals surface area contributed by atoms with Crippen molar-refractivity contribution in [3.63, 3.8) is 0 Å². The minimum Gasteiger partial charge on any atom is -0.210 e. The third-order valence-corrected chi connectivity index (χ3v) is 4.62. The maximum Gasteiger partial charge on any atom is 2.00 e. The van der Waals surface area contributed by atoms with Crippen LogP contribution in [0.1, 0.15) is 103 Å². The molecule has 136 valence electrons. The third-order valence-electron chi connectivity index (χ3n) is 4.62. The van der Waals surface area contributed by atoms with Gasteiger partial charge in [0.25, 0.3) is 0 Å². The Morgan fingerprint density at radius 3 is 1.04 bits per heavy atom. The first-order valence-corrected chi connectivity index (χ1v) is 9.36. The van der Waals surface area contributed by atoms with Crippen LogP contribution in [-0.2, 0) is 10.8 Å². The summed E-state index contributed by atoms with van der Waals surface area (Å²) in [5.74, 6) is 1.31. The molecule has 2 aromatic carbocycles. The van der Waals surface area contributed by atoms with Crippen LogP contribution in [0.15, 0.2) is 36.4 Å². The van der Waals surface area contributed by atoms with Crippen LogP contribution in [0, 0.1) is 0 Å². The molecular weight excluding hydrogens is 313 g/mol. The average Bonchev–Trinajstić information content (AvgIpc) is 3.08. The summed E-state index contributed by atoms with van der Waals surface area (Å²) in [6, 6.07) is 13.6. The van der Waals surface area contributed by atoms with E-state index in [0.29, 0.717) is 22.7 Å². The molecule has 0 fully saturated rings. The fourth-order valence-electron chi connectivity index (χ4n) is 2.57. The Morgan fingerprint density at radius 1 is 0.640 bits per heavy atom. The van der Waals surface area contributed by atoms with Crippen molar-refractivity contribution < 1.29 is 0 Å². The molecule has 0 aliphatic rings. The van der Waals surface area contributed by atoms with Crippen molar-refractivity contribution in [2.45, 2.75) is 91.9 Å². The van der Waals surface area contributed by atoms with Crippen LogP contribution in [0.25, 0.3) is 0 Å². The molecule has 0 aromatic heterocycles. The summed E-state index contributed by atoms with van der Waals surface area (Å²) in [6.07, 6.45) is 0. The fourth-order valence-corrected chi connectivity index (χ4v) is 2.57. The molecule has 0 heterocycles. The van der Waals surface area contributed by atoms with Crippen molar-refractivity contribution >= 4 is 23.1 Å². The zero-order chi connectivity index (χ0) is 18.7. The minimum atomic E-state index is 0. The molecule has 0 radical (unpaired) electrons. The van der Waals surface area contributed by atoms with Crippen LogP contribution in [-0.4, -0.2) is 23.1 Å². The third kappa shape index (κ3) is 7.70. The van der Waals surface area contributed by atoms with Crippen LogP contribution in [0.4, 0.5) is 0 Å². The van der Waals surface area contributed by atoms with Gasteiger partial charge in [0.1, 0.15) is 0 Å². The second kappa shape index (κ2) is 9.42. The monoisotopic (exact) mass is 350 g/mol. The Labute approximate surface area is 173 Å². The predicted octanol–water partition coefficient (Wildman–Crippen LogP) is 7.27. The van der Waals surface area contributed by atoms with Crippen LogP contribution in [0.5, 0.6) is 0 Å². The van der Waals surface area contributed by atoms with Crippen LogP contribution in [0.3, 0.4) is 0 Å². The van der Waals surface area contributed by atoms with Gasteiger partial charge in [0.05, 0.1) is 0 Å². The summed E-state index contributed by atoms with van der Waals surface area (Å²) in [4.78, 5) is 0. The molecule has 2 aromatic rings. The second-order valence-electron chi connectivity index (χ2n) is 9.68. The van der Waals surface area contributed by atoms with Gasteiger partial charge in [-0.2, -0.15) is 46.5 Å². The van der Waals surface area contributed by atoms with E-state index in [0.717, 1.165) is 0 Å². The quantitative estimate of drug-likeness (QED) is 0.394. The average molecular weight is 351 g/mol. The van der Waals surface area contributed by atoms with Gasteiger partial charge in [-0.25, -0.2) is 12.1 Å². The van der Waals surface area contributed by atoms with E-state index in [1.807, 2.05) is 0 Å². The van der Waals surface area contributed by atoms with E-state index in [2.05, 4.69) is 106 Å². The maximum atomic E-state index is 2.32. The van der Waals surface area contributed by atoms with E-state index in [4.69, 9.17) is 0 Å². The first-order valence-electron chi connectivity index (χ1n) is 9.36. The van der Waals surface area contributed by atoms with Crippen molar-refractivity contribution in [1.82, 2.24) is 0 Å². The Balaban J connectivity index is 0.000000443. The van der Waals surface area contributed by atoms with E-state index in [1.165, 1.54) is 22.3 Å². The normalized spacial score (nSPS) is 12.0. The Morgan fingerprint density at radius 2 is 0.920 bits per heavy atom. The van der Waals surface area contributed by atoms with E-state index in [9.17, 15) is 0 Å². The number of rotatable bonds is 2. The van der Waals surface area contributed by atoms with E-state index in [-0.39, 0.29) is 23.1 Å². The summed E-state index contributed by atoms with van der Waals surface area (Å²) < 4.78 is 0. The predicted molar refractivity (Wildman–Crippen MR) is 115 cm³/mol. The Bertz CT molecular complexity index is 553. The van der Waals surface area contributed by atoms with Gasteiger partial charge in [0.15, 0.2) is 0 Å². The molecule has 0 saturated carbocycles. The van der Waals surface area contributed by atoms with Gasteiger partial charge in [-0.3, -0.25) is 0 Å². The largest absolute Gasteiger partial charge is 2.00 e. The van der Waals surface area contributed by atoms with Crippen LogP contribution >= 0.6 is 0 Å². The molecule has 25 heavy (non-hydrogen) atoms. The topological polar surface area (TPSA) is 0 Å². The van der Waals surface area contributed by atoms with Crippen molar-refractivity contribution in [3.8, 4) is 0 Å². The molecule has 0 nitrogen and oxygen atoms in total. The summed E-state index contributed by atoms with van der Waals surface area (Å²) in [6.45, 7) is 22.5. The van der Waals surface area contributed by atoms with Gasteiger partial charge in [-0.15, -0.1) is 0 Å². The SMILES string of the molecule is CC(C)[c-]1ccc(C(C)(C)C)c1.CC(C)[c-]1ccc(C(C)(C)C)c1.[Mg+2]. The molecule has 0 amide bonds. The van der Waals surface area contributed by atoms with E-state index < -0.39 is 0 Å². The summed E-state index contributed by atoms with van der Waals surface area (Å²) in [7, 11) is 0. The summed E-state index contributed by atoms with van der Waals surface area (Å²) >= 11 is 0. The fraction of sp³-hybridized carbons (Fsp3) is 0.583. The second-order valence-corrected chi connectivity index (χ2v) is 9.68. The molecule has 0 saturated heterocycles. The molecule has 0 aliphatic carbocycles. The Kier molecular flexibility index (Phi) is 9.22. The molecule has 0 bridgehead atoms. The standard InChI is InChI=1S/2C12H19.Mg/c2*1-9(2)10-6-7-11(8-10)12(3,4)5;/h2*6-9H,1-5H3;/q2*-1;+2. The summed E-state index contributed by atoms with van der Waals surface area (Å²) in [5.41, 5.74) is 6.41. The molecule has 0 spiro atoms.